The Bertz CT molecular complexity index is 299. The third-order valence-corrected chi connectivity index (χ3v) is 3.47. The molecule has 4 nitrogen and oxygen atoms in total. The van der Waals surface area contributed by atoms with Gasteiger partial charge in [0.1, 0.15) is 22.0 Å². The van der Waals surface area contributed by atoms with Crippen LogP contribution in [-0.4, -0.2) is 0 Å². The molecule has 1 rings (SSSR count). The van der Waals surface area contributed by atoms with Crippen LogP contribution < -0.4 is 4.52 Å². The highest BCUT2D eigenvalue weighted by Gasteiger charge is 2.27. The summed E-state index contributed by atoms with van der Waals surface area (Å²) in [5, 5.41) is 0. The summed E-state index contributed by atoms with van der Waals surface area (Å²) >= 11 is 7.41. The normalized spacial score (nSPS) is 14.9. The maximum absolute atomic E-state index is 11.3. The van der Waals surface area contributed by atoms with Crippen molar-refractivity contribution < 1.29 is 16.8 Å². The molecule has 1 atom stereocenters. The number of rotatable bonds is 4. The second kappa shape index (κ2) is 4.98. The van der Waals surface area contributed by atoms with Crippen molar-refractivity contribution in [1.29, 1.82) is 0 Å². The fraction of sp³-hybridized carbons (Fsp3) is 0. The number of hydrogen-bond donors (Lipinski definition) is 0. The van der Waals surface area contributed by atoms with Gasteiger partial charge in [0.2, 0.25) is 0 Å². The lowest BCUT2D eigenvalue weighted by atomic mass is 10.3. The third-order valence-electron chi connectivity index (χ3n) is 1.13. The van der Waals surface area contributed by atoms with E-state index in [4.69, 9.17) is 16.4 Å². The number of halogens is 2. The minimum absolute atomic E-state index is 0.339. The quantitative estimate of drug-likeness (QED) is 0.793. The van der Waals surface area contributed by atoms with Gasteiger partial charge in [0, 0.05) is 0 Å². The minimum Gasteiger partial charge on any atom is -0.403 e. The van der Waals surface area contributed by atoms with Crippen LogP contribution >= 0.6 is 35.9 Å². The standard InChI is InChI=1S/C6H5BrClO4P/c7-11-13(9,12-8)10-6-4-2-1-3-5-6/h1-5H. The van der Waals surface area contributed by atoms with Crippen molar-refractivity contribution in [1.82, 2.24) is 0 Å². The van der Waals surface area contributed by atoms with Gasteiger partial charge in [0.15, 0.2) is 0 Å². The summed E-state index contributed by atoms with van der Waals surface area (Å²) in [6.45, 7) is 0. The Labute approximate surface area is 89.0 Å². The van der Waals surface area contributed by atoms with Crippen LogP contribution in [0.15, 0.2) is 30.3 Å². The molecule has 72 valence electrons. The molecule has 0 spiro atoms. The van der Waals surface area contributed by atoms with Crippen molar-refractivity contribution in [3.8, 4) is 5.75 Å². The molecule has 0 aliphatic carbocycles. The molecule has 0 saturated heterocycles. The summed E-state index contributed by atoms with van der Waals surface area (Å²) in [5.41, 5.74) is 0. The molecular weight excluding hydrogens is 282 g/mol. The van der Waals surface area contributed by atoms with Gasteiger partial charge in [0.05, 0.1) is 11.9 Å². The number of para-hydroxylation sites is 1. The summed E-state index contributed by atoms with van der Waals surface area (Å²) in [6, 6.07) is 8.39. The first-order valence-electron chi connectivity index (χ1n) is 3.15. The smallest absolute Gasteiger partial charge is 0.403 e. The average Bonchev–Trinajstić information content (AvgIpc) is 2.19. The van der Waals surface area contributed by atoms with Gasteiger partial charge in [-0.3, -0.25) is 0 Å². The zero-order valence-corrected chi connectivity index (χ0v) is 9.46. The molecule has 0 N–H and O–H groups in total. The van der Waals surface area contributed by atoms with Gasteiger partial charge in [-0.05, 0) is 12.1 Å². The van der Waals surface area contributed by atoms with Crippen molar-refractivity contribution in [2.24, 2.45) is 0 Å². The van der Waals surface area contributed by atoms with Gasteiger partial charge in [-0.2, -0.15) is 7.69 Å². The first kappa shape index (κ1) is 11.0. The van der Waals surface area contributed by atoms with Crippen LogP contribution in [0, 0.1) is 0 Å². The SMILES string of the molecule is O=P(OCl)(OBr)Oc1ccccc1. The Balaban J connectivity index is 2.74. The van der Waals surface area contributed by atoms with Gasteiger partial charge < -0.3 is 4.52 Å². The Morgan fingerprint density at radius 1 is 1.31 bits per heavy atom. The van der Waals surface area contributed by atoms with E-state index in [1.165, 1.54) is 0 Å². The Morgan fingerprint density at radius 3 is 2.38 bits per heavy atom. The van der Waals surface area contributed by atoms with Gasteiger partial charge in [0.25, 0.3) is 0 Å². The molecule has 0 saturated carbocycles. The second-order valence-electron chi connectivity index (χ2n) is 1.99. The van der Waals surface area contributed by atoms with E-state index in [-0.39, 0.29) is 0 Å². The zero-order chi connectivity index (χ0) is 9.73. The molecule has 0 amide bonds. The minimum atomic E-state index is -3.72. The molecule has 1 aromatic carbocycles. The van der Waals surface area contributed by atoms with Crippen LogP contribution in [0.25, 0.3) is 0 Å². The number of phosphoric acid groups is 1. The van der Waals surface area contributed by atoms with E-state index in [0.717, 1.165) is 0 Å². The summed E-state index contributed by atoms with van der Waals surface area (Å²) in [6.07, 6.45) is 0. The number of hydrogen-bond acceptors (Lipinski definition) is 4. The van der Waals surface area contributed by atoms with Crippen molar-refractivity contribution >= 4 is 35.9 Å². The van der Waals surface area contributed by atoms with Crippen LogP contribution in [-0.2, 0) is 12.3 Å². The summed E-state index contributed by atoms with van der Waals surface area (Å²) in [4.78, 5) is 0. The molecule has 0 aliphatic rings. The fourth-order valence-corrected chi connectivity index (χ4v) is 1.83. The third kappa shape index (κ3) is 3.29. The molecule has 1 unspecified atom stereocenters. The van der Waals surface area contributed by atoms with Crippen LogP contribution in [0.5, 0.6) is 5.75 Å². The predicted octanol–water partition coefficient (Wildman–Crippen LogP) is 3.67. The maximum Gasteiger partial charge on any atom is 0.558 e. The molecular formula is C6H5BrClO4P. The van der Waals surface area contributed by atoms with E-state index in [2.05, 4.69) is 23.9 Å². The van der Waals surface area contributed by atoms with Crippen LogP contribution in [0.3, 0.4) is 0 Å². The van der Waals surface area contributed by atoms with Crippen molar-refractivity contribution in [3.63, 3.8) is 0 Å². The lowest BCUT2D eigenvalue weighted by Crippen LogP contribution is -1.91. The van der Waals surface area contributed by atoms with E-state index in [9.17, 15) is 4.57 Å². The van der Waals surface area contributed by atoms with Crippen LogP contribution in [0.2, 0.25) is 0 Å². The number of benzene rings is 1. The van der Waals surface area contributed by atoms with E-state index < -0.39 is 7.82 Å². The molecule has 1 aromatic rings. The molecule has 0 heterocycles. The Morgan fingerprint density at radius 2 is 1.92 bits per heavy atom. The summed E-state index contributed by atoms with van der Waals surface area (Å²) < 4.78 is 24.4. The highest BCUT2D eigenvalue weighted by molar-refractivity contribution is 9.06. The molecule has 0 aromatic heterocycles. The molecule has 0 fully saturated rings. The van der Waals surface area contributed by atoms with E-state index in [1.807, 2.05) is 0 Å². The van der Waals surface area contributed by atoms with Gasteiger partial charge >= 0.3 is 7.82 Å². The molecule has 13 heavy (non-hydrogen) atoms. The Hall–Kier alpha value is -0.0600. The van der Waals surface area contributed by atoms with Crippen molar-refractivity contribution in [2.45, 2.75) is 0 Å². The average molecular weight is 287 g/mol. The van der Waals surface area contributed by atoms with Crippen LogP contribution in [0.1, 0.15) is 0 Å². The van der Waals surface area contributed by atoms with E-state index in [0.29, 0.717) is 5.75 Å². The monoisotopic (exact) mass is 286 g/mol. The highest BCUT2D eigenvalue weighted by Crippen LogP contribution is 2.52. The largest absolute Gasteiger partial charge is 0.558 e. The van der Waals surface area contributed by atoms with Gasteiger partial charge in [-0.15, -0.1) is 0 Å². The predicted molar refractivity (Wildman–Crippen MR) is 51.6 cm³/mol. The van der Waals surface area contributed by atoms with E-state index >= 15 is 0 Å². The molecule has 0 aliphatic heterocycles. The van der Waals surface area contributed by atoms with Gasteiger partial charge in [-0.25, -0.2) is 4.57 Å². The highest BCUT2D eigenvalue weighted by atomic mass is 79.9. The fourth-order valence-electron chi connectivity index (χ4n) is 0.649. The van der Waals surface area contributed by atoms with Crippen molar-refractivity contribution in [3.05, 3.63) is 30.3 Å². The maximum atomic E-state index is 11.3. The summed E-state index contributed by atoms with van der Waals surface area (Å²) in [7, 11) is -3.72. The Kier molecular flexibility index (Phi) is 4.22. The van der Waals surface area contributed by atoms with Gasteiger partial charge in [-0.1, -0.05) is 18.2 Å². The summed E-state index contributed by atoms with van der Waals surface area (Å²) in [5.74, 6) is 0.339. The molecule has 7 heteroatoms. The van der Waals surface area contributed by atoms with Crippen LogP contribution in [0.4, 0.5) is 0 Å². The topological polar surface area (TPSA) is 44.8 Å². The first-order valence-corrected chi connectivity index (χ1v) is 5.57. The first-order chi connectivity index (χ1) is 6.20. The van der Waals surface area contributed by atoms with Crippen molar-refractivity contribution in [2.75, 3.05) is 0 Å². The lowest BCUT2D eigenvalue weighted by molar-refractivity contribution is 0.330. The lowest BCUT2D eigenvalue weighted by Gasteiger charge is -2.10. The molecule has 0 bridgehead atoms. The molecule has 0 radical (unpaired) electrons. The van der Waals surface area contributed by atoms with E-state index in [1.54, 1.807) is 30.3 Å². The second-order valence-corrected chi connectivity index (χ2v) is 4.63. The zero-order valence-electron chi connectivity index (χ0n) is 6.22.